The molecule has 0 radical (unpaired) electrons. The summed E-state index contributed by atoms with van der Waals surface area (Å²) in [6, 6.07) is 17.9. The summed E-state index contributed by atoms with van der Waals surface area (Å²) in [5.41, 5.74) is 3.65. The maximum Gasteiger partial charge on any atom is 0.280 e. The lowest BCUT2D eigenvalue weighted by molar-refractivity contribution is 0.0979. The van der Waals surface area contributed by atoms with E-state index in [9.17, 15) is 4.79 Å². The van der Waals surface area contributed by atoms with Crippen LogP contribution in [0.5, 0.6) is 0 Å². The van der Waals surface area contributed by atoms with Gasteiger partial charge >= 0.3 is 0 Å². The van der Waals surface area contributed by atoms with Crippen molar-refractivity contribution in [3.8, 4) is 0 Å². The van der Waals surface area contributed by atoms with Crippen molar-refractivity contribution in [2.75, 3.05) is 4.90 Å². The second kappa shape index (κ2) is 7.32. The van der Waals surface area contributed by atoms with Crippen molar-refractivity contribution >= 4 is 32.6 Å². The highest BCUT2D eigenvalue weighted by molar-refractivity contribution is 7.22. The molecule has 0 aliphatic heterocycles. The van der Waals surface area contributed by atoms with Crippen molar-refractivity contribution in [1.29, 1.82) is 0 Å². The van der Waals surface area contributed by atoms with Gasteiger partial charge in [0.1, 0.15) is 0 Å². The number of aromatic nitrogens is 3. The lowest BCUT2D eigenvalue weighted by Gasteiger charge is -2.19. The summed E-state index contributed by atoms with van der Waals surface area (Å²) in [5.74, 6) is -0.142. The van der Waals surface area contributed by atoms with E-state index in [4.69, 9.17) is 4.98 Å². The Morgan fingerprint density at radius 3 is 2.63 bits per heavy atom. The van der Waals surface area contributed by atoms with Crippen molar-refractivity contribution in [3.05, 3.63) is 77.6 Å². The van der Waals surface area contributed by atoms with Gasteiger partial charge in [0.2, 0.25) is 0 Å². The number of nitrogens with zero attached hydrogens (tertiary/aromatic N) is 4. The van der Waals surface area contributed by atoms with Gasteiger partial charge in [0.05, 0.1) is 16.8 Å². The molecule has 2 aromatic carbocycles. The molecule has 0 saturated heterocycles. The van der Waals surface area contributed by atoms with Gasteiger partial charge in [-0.05, 0) is 29.7 Å². The van der Waals surface area contributed by atoms with Gasteiger partial charge in [-0.25, -0.2) is 4.98 Å². The minimum atomic E-state index is -0.142. The third kappa shape index (κ3) is 3.48. The number of carbonyl (C=O) groups is 1. The number of para-hydroxylation sites is 1. The summed E-state index contributed by atoms with van der Waals surface area (Å²) in [6.45, 7) is 2.58. The van der Waals surface area contributed by atoms with Crippen molar-refractivity contribution in [3.63, 3.8) is 0 Å². The molecule has 27 heavy (non-hydrogen) atoms. The normalized spacial score (nSPS) is 11.0. The Morgan fingerprint density at radius 1 is 1.11 bits per heavy atom. The number of hydrogen-bond donors (Lipinski definition) is 0. The van der Waals surface area contributed by atoms with Crippen LogP contribution in [0.3, 0.4) is 0 Å². The third-order valence-electron chi connectivity index (χ3n) is 4.46. The van der Waals surface area contributed by atoms with E-state index >= 15 is 0 Å². The van der Waals surface area contributed by atoms with E-state index in [0.717, 1.165) is 22.2 Å². The molecule has 0 unspecified atom stereocenters. The molecule has 0 spiro atoms. The molecule has 6 heteroatoms. The summed E-state index contributed by atoms with van der Waals surface area (Å²) in [7, 11) is 1.81. The van der Waals surface area contributed by atoms with E-state index in [-0.39, 0.29) is 5.91 Å². The molecule has 0 atom stereocenters. The first-order valence-electron chi connectivity index (χ1n) is 8.89. The van der Waals surface area contributed by atoms with Crippen molar-refractivity contribution in [2.45, 2.75) is 19.9 Å². The fourth-order valence-electron chi connectivity index (χ4n) is 3.05. The summed E-state index contributed by atoms with van der Waals surface area (Å²) in [6.07, 6.45) is 2.69. The molecule has 0 N–H and O–H groups in total. The van der Waals surface area contributed by atoms with Crippen LogP contribution in [0, 0.1) is 0 Å². The number of carbonyl (C=O) groups excluding carboxylic acids is 1. The van der Waals surface area contributed by atoms with Crippen LogP contribution in [0.25, 0.3) is 10.2 Å². The Kier molecular flexibility index (Phi) is 4.73. The van der Waals surface area contributed by atoms with Gasteiger partial charge in [0.15, 0.2) is 10.8 Å². The number of hydrogen-bond acceptors (Lipinski definition) is 4. The largest absolute Gasteiger partial charge is 0.280 e. The predicted octanol–water partition coefficient (Wildman–Crippen LogP) is 4.44. The van der Waals surface area contributed by atoms with Gasteiger partial charge in [-0.15, -0.1) is 0 Å². The van der Waals surface area contributed by atoms with Gasteiger partial charge in [-0.2, -0.15) is 5.10 Å². The Balaban J connectivity index is 1.78. The molecule has 4 rings (SSSR count). The van der Waals surface area contributed by atoms with Gasteiger partial charge in [0.25, 0.3) is 5.91 Å². The summed E-state index contributed by atoms with van der Waals surface area (Å²) in [4.78, 5) is 19.8. The SMILES string of the molecule is CCc1cccc2sc(N(Cc3ccccc3)C(=O)c3ccn(C)n3)nc12. The molecule has 5 nitrogen and oxygen atoms in total. The molecule has 4 aromatic rings. The zero-order valence-corrected chi connectivity index (χ0v) is 16.1. The molecule has 0 aliphatic carbocycles. The van der Waals surface area contributed by atoms with Crippen LogP contribution in [0.2, 0.25) is 0 Å². The first-order valence-corrected chi connectivity index (χ1v) is 9.71. The zero-order chi connectivity index (χ0) is 18.8. The fourth-order valence-corrected chi connectivity index (χ4v) is 4.07. The lowest BCUT2D eigenvalue weighted by atomic mass is 10.1. The standard InChI is InChI=1S/C21H20N4OS/c1-3-16-10-7-11-18-19(16)22-21(27-18)25(14-15-8-5-4-6-9-15)20(26)17-12-13-24(2)23-17/h4-13H,3,14H2,1-2H3. The number of anilines is 1. The highest BCUT2D eigenvalue weighted by Gasteiger charge is 2.24. The molecular formula is C21H20N4OS. The van der Waals surface area contributed by atoms with Crippen molar-refractivity contribution in [1.82, 2.24) is 14.8 Å². The summed E-state index contributed by atoms with van der Waals surface area (Å²) >= 11 is 1.54. The number of benzene rings is 2. The van der Waals surface area contributed by atoms with Gasteiger partial charge in [-0.1, -0.05) is 60.7 Å². The molecule has 2 heterocycles. The molecule has 0 fully saturated rings. The van der Waals surface area contributed by atoms with Crippen LogP contribution >= 0.6 is 11.3 Å². The summed E-state index contributed by atoms with van der Waals surface area (Å²) < 4.78 is 2.73. The Bertz CT molecular complexity index is 1080. The van der Waals surface area contributed by atoms with Crippen LogP contribution in [-0.4, -0.2) is 20.7 Å². The number of rotatable bonds is 5. The number of thiazole rings is 1. The first-order chi connectivity index (χ1) is 13.2. The van der Waals surface area contributed by atoms with Crippen molar-refractivity contribution < 1.29 is 4.79 Å². The minimum Gasteiger partial charge on any atom is -0.278 e. The summed E-state index contributed by atoms with van der Waals surface area (Å²) in [5, 5.41) is 4.99. The van der Waals surface area contributed by atoms with E-state index in [1.165, 1.54) is 5.56 Å². The van der Waals surface area contributed by atoms with E-state index in [0.29, 0.717) is 17.4 Å². The van der Waals surface area contributed by atoms with Gasteiger partial charge < -0.3 is 0 Å². The molecule has 0 saturated carbocycles. The van der Waals surface area contributed by atoms with Crippen LogP contribution in [0.1, 0.15) is 28.5 Å². The van der Waals surface area contributed by atoms with E-state index in [2.05, 4.69) is 24.2 Å². The van der Waals surface area contributed by atoms with Gasteiger partial charge in [0, 0.05) is 13.2 Å². The van der Waals surface area contributed by atoms with E-state index in [1.807, 2.05) is 43.4 Å². The molecule has 0 aliphatic rings. The van der Waals surface area contributed by atoms with Crippen molar-refractivity contribution in [2.24, 2.45) is 7.05 Å². The lowest BCUT2D eigenvalue weighted by Crippen LogP contribution is -2.30. The molecular weight excluding hydrogens is 356 g/mol. The zero-order valence-electron chi connectivity index (χ0n) is 15.3. The number of fused-ring (bicyclic) bond motifs is 1. The van der Waals surface area contributed by atoms with Crippen LogP contribution in [0.4, 0.5) is 5.13 Å². The molecule has 0 bridgehead atoms. The van der Waals surface area contributed by atoms with Crippen LogP contribution in [0.15, 0.2) is 60.8 Å². The maximum atomic E-state index is 13.2. The number of aryl methyl sites for hydroxylation is 2. The van der Waals surface area contributed by atoms with E-state index in [1.54, 1.807) is 33.2 Å². The fraction of sp³-hybridized carbons (Fsp3) is 0.190. The average molecular weight is 376 g/mol. The molecule has 136 valence electrons. The second-order valence-corrected chi connectivity index (χ2v) is 7.37. The quantitative estimate of drug-likeness (QED) is 0.517. The smallest absolute Gasteiger partial charge is 0.278 e. The molecule has 2 aromatic heterocycles. The highest BCUT2D eigenvalue weighted by Crippen LogP contribution is 2.32. The minimum absolute atomic E-state index is 0.142. The van der Waals surface area contributed by atoms with Crippen LogP contribution < -0.4 is 4.90 Å². The van der Waals surface area contributed by atoms with Gasteiger partial charge in [-0.3, -0.25) is 14.4 Å². The second-order valence-electron chi connectivity index (χ2n) is 6.37. The Morgan fingerprint density at radius 2 is 1.93 bits per heavy atom. The van der Waals surface area contributed by atoms with E-state index < -0.39 is 0 Å². The Labute approximate surface area is 161 Å². The third-order valence-corrected chi connectivity index (χ3v) is 5.51. The average Bonchev–Trinajstić information content (AvgIpc) is 3.32. The number of amides is 1. The van der Waals surface area contributed by atoms with Crippen LogP contribution in [-0.2, 0) is 20.0 Å². The Hall–Kier alpha value is -2.99. The monoisotopic (exact) mass is 376 g/mol. The molecule has 1 amide bonds. The topological polar surface area (TPSA) is 51.0 Å². The highest BCUT2D eigenvalue weighted by atomic mass is 32.1. The first kappa shape index (κ1) is 17.4. The maximum absolute atomic E-state index is 13.2. The predicted molar refractivity (Wildman–Crippen MR) is 109 cm³/mol.